The van der Waals surface area contributed by atoms with E-state index in [1.54, 1.807) is 30.5 Å². The SMILES string of the molecule is CCOc1ccccc1NC(=O)Nc1ccc(N2CCN(Cc3ccc([N+](=O)[O-])cc3)CC2)nc1. The highest BCUT2D eigenvalue weighted by molar-refractivity contribution is 6.00. The van der Waals surface area contributed by atoms with Gasteiger partial charge in [0.2, 0.25) is 0 Å². The van der Waals surface area contributed by atoms with E-state index in [0.717, 1.165) is 44.1 Å². The first-order chi connectivity index (χ1) is 17.0. The topological polar surface area (TPSA) is 113 Å². The minimum Gasteiger partial charge on any atom is -0.492 e. The molecule has 1 saturated heterocycles. The van der Waals surface area contributed by atoms with Gasteiger partial charge in [-0.15, -0.1) is 0 Å². The molecule has 1 fully saturated rings. The van der Waals surface area contributed by atoms with Gasteiger partial charge in [0, 0.05) is 44.9 Å². The molecule has 2 N–H and O–H groups in total. The molecule has 3 aromatic rings. The monoisotopic (exact) mass is 476 g/mol. The summed E-state index contributed by atoms with van der Waals surface area (Å²) >= 11 is 0. The number of benzene rings is 2. The number of carbonyl (C=O) groups excluding carboxylic acids is 1. The number of nitrogens with one attached hydrogen (secondary N) is 2. The average Bonchev–Trinajstić information content (AvgIpc) is 2.87. The summed E-state index contributed by atoms with van der Waals surface area (Å²) in [7, 11) is 0. The number of anilines is 3. The van der Waals surface area contributed by atoms with Crippen molar-refractivity contribution in [1.82, 2.24) is 9.88 Å². The third-order valence-electron chi connectivity index (χ3n) is 5.69. The molecule has 10 nitrogen and oxygen atoms in total. The van der Waals surface area contributed by atoms with Crippen molar-refractivity contribution in [3.63, 3.8) is 0 Å². The van der Waals surface area contributed by atoms with Gasteiger partial charge in [0.25, 0.3) is 5.69 Å². The normalized spacial score (nSPS) is 13.8. The van der Waals surface area contributed by atoms with Crippen LogP contribution in [0.3, 0.4) is 0 Å². The lowest BCUT2D eigenvalue weighted by Gasteiger charge is -2.35. The molecular weight excluding hydrogens is 448 g/mol. The minimum atomic E-state index is -0.385. The molecule has 0 radical (unpaired) electrons. The van der Waals surface area contributed by atoms with Crippen molar-refractivity contribution < 1.29 is 14.5 Å². The smallest absolute Gasteiger partial charge is 0.323 e. The Bertz CT molecular complexity index is 1150. The Kier molecular flexibility index (Phi) is 7.74. The molecule has 2 aromatic carbocycles. The lowest BCUT2D eigenvalue weighted by Crippen LogP contribution is -2.46. The molecule has 182 valence electrons. The first-order valence-electron chi connectivity index (χ1n) is 11.5. The number of ether oxygens (including phenoxy) is 1. The summed E-state index contributed by atoms with van der Waals surface area (Å²) in [6, 6.07) is 17.3. The summed E-state index contributed by atoms with van der Waals surface area (Å²) < 4.78 is 5.54. The fourth-order valence-corrected chi connectivity index (χ4v) is 3.90. The zero-order chi connectivity index (χ0) is 24.6. The number of nitrogens with zero attached hydrogens (tertiary/aromatic N) is 4. The number of non-ortho nitro benzene ring substituents is 1. The van der Waals surface area contributed by atoms with E-state index in [0.29, 0.717) is 23.7 Å². The minimum absolute atomic E-state index is 0.107. The zero-order valence-electron chi connectivity index (χ0n) is 19.5. The number of para-hydroxylation sites is 2. The predicted molar refractivity (Wildman–Crippen MR) is 135 cm³/mol. The van der Waals surface area contributed by atoms with Crippen molar-refractivity contribution in [1.29, 1.82) is 0 Å². The largest absolute Gasteiger partial charge is 0.492 e. The van der Waals surface area contributed by atoms with Crippen LogP contribution in [-0.2, 0) is 6.54 Å². The number of pyridine rings is 1. The maximum atomic E-state index is 12.4. The molecule has 1 aromatic heterocycles. The highest BCUT2D eigenvalue weighted by Crippen LogP contribution is 2.24. The molecule has 1 aliphatic heterocycles. The number of carbonyl (C=O) groups is 1. The van der Waals surface area contributed by atoms with Gasteiger partial charge in [-0.3, -0.25) is 15.0 Å². The van der Waals surface area contributed by atoms with E-state index in [1.165, 1.54) is 0 Å². The quantitative estimate of drug-likeness (QED) is 0.367. The summed E-state index contributed by atoms with van der Waals surface area (Å²) in [6.07, 6.45) is 1.65. The summed E-state index contributed by atoms with van der Waals surface area (Å²) in [5, 5.41) is 16.4. The molecule has 2 heterocycles. The zero-order valence-corrected chi connectivity index (χ0v) is 19.5. The fourth-order valence-electron chi connectivity index (χ4n) is 3.90. The molecule has 0 atom stereocenters. The van der Waals surface area contributed by atoms with E-state index < -0.39 is 0 Å². The Hall–Kier alpha value is -4.18. The van der Waals surface area contributed by atoms with E-state index >= 15 is 0 Å². The Labute approximate surface area is 203 Å². The van der Waals surface area contributed by atoms with Crippen molar-refractivity contribution >= 4 is 28.9 Å². The molecule has 35 heavy (non-hydrogen) atoms. The van der Waals surface area contributed by atoms with Crippen LogP contribution in [0, 0.1) is 10.1 Å². The van der Waals surface area contributed by atoms with Crippen LogP contribution in [0.25, 0.3) is 0 Å². The number of urea groups is 1. The van der Waals surface area contributed by atoms with E-state index in [9.17, 15) is 14.9 Å². The van der Waals surface area contributed by atoms with Crippen LogP contribution in [0.1, 0.15) is 12.5 Å². The highest BCUT2D eigenvalue weighted by atomic mass is 16.6. The van der Waals surface area contributed by atoms with Gasteiger partial charge in [0.1, 0.15) is 11.6 Å². The number of hydrogen-bond donors (Lipinski definition) is 2. The summed E-state index contributed by atoms with van der Waals surface area (Å²) in [6.45, 7) is 6.52. The number of hydrogen-bond acceptors (Lipinski definition) is 7. The van der Waals surface area contributed by atoms with Crippen LogP contribution >= 0.6 is 0 Å². The molecule has 0 spiro atoms. The Morgan fingerprint density at radius 1 is 1.03 bits per heavy atom. The Morgan fingerprint density at radius 3 is 2.43 bits per heavy atom. The second-order valence-corrected chi connectivity index (χ2v) is 8.10. The van der Waals surface area contributed by atoms with Gasteiger partial charge < -0.3 is 20.3 Å². The summed E-state index contributed by atoms with van der Waals surface area (Å²) in [5.41, 5.74) is 2.36. The van der Waals surface area contributed by atoms with Crippen LogP contribution in [-0.4, -0.2) is 53.6 Å². The Morgan fingerprint density at radius 2 is 1.77 bits per heavy atom. The van der Waals surface area contributed by atoms with E-state index in [4.69, 9.17) is 4.74 Å². The van der Waals surface area contributed by atoms with Crippen LogP contribution in [0.2, 0.25) is 0 Å². The van der Waals surface area contributed by atoms with Crippen molar-refractivity contribution in [2.45, 2.75) is 13.5 Å². The van der Waals surface area contributed by atoms with Gasteiger partial charge >= 0.3 is 6.03 Å². The lowest BCUT2D eigenvalue weighted by molar-refractivity contribution is -0.384. The van der Waals surface area contributed by atoms with Crippen molar-refractivity contribution in [3.8, 4) is 5.75 Å². The molecule has 0 unspecified atom stereocenters. The predicted octanol–water partition coefficient (Wildman–Crippen LogP) is 4.35. The van der Waals surface area contributed by atoms with Crippen LogP contribution in [0.4, 0.5) is 27.7 Å². The molecule has 2 amide bonds. The van der Waals surface area contributed by atoms with Gasteiger partial charge in [-0.1, -0.05) is 24.3 Å². The van der Waals surface area contributed by atoms with Crippen molar-refractivity contribution in [3.05, 3.63) is 82.5 Å². The first-order valence-corrected chi connectivity index (χ1v) is 11.5. The summed E-state index contributed by atoms with van der Waals surface area (Å²) in [4.78, 5) is 31.9. The second-order valence-electron chi connectivity index (χ2n) is 8.10. The number of nitro groups is 1. The van der Waals surface area contributed by atoms with Gasteiger partial charge in [0.15, 0.2) is 0 Å². The van der Waals surface area contributed by atoms with Gasteiger partial charge in [0.05, 0.1) is 29.1 Å². The van der Waals surface area contributed by atoms with Gasteiger partial charge in [-0.05, 0) is 36.8 Å². The van der Waals surface area contributed by atoms with Crippen LogP contribution < -0.4 is 20.3 Å². The molecule has 4 rings (SSSR count). The number of aromatic nitrogens is 1. The third kappa shape index (κ3) is 6.45. The highest BCUT2D eigenvalue weighted by Gasteiger charge is 2.18. The first kappa shape index (κ1) is 24.0. The maximum Gasteiger partial charge on any atom is 0.323 e. The molecule has 0 bridgehead atoms. The lowest BCUT2D eigenvalue weighted by atomic mass is 10.2. The average molecular weight is 477 g/mol. The number of rotatable bonds is 8. The third-order valence-corrected chi connectivity index (χ3v) is 5.69. The van der Waals surface area contributed by atoms with Crippen LogP contribution in [0.5, 0.6) is 5.75 Å². The molecule has 0 aliphatic carbocycles. The molecule has 1 aliphatic rings. The number of nitro benzene ring substituents is 1. The summed E-state index contributed by atoms with van der Waals surface area (Å²) in [5.74, 6) is 1.47. The Balaban J connectivity index is 1.26. The van der Waals surface area contributed by atoms with E-state index in [-0.39, 0.29) is 16.6 Å². The van der Waals surface area contributed by atoms with E-state index in [1.807, 2.05) is 43.3 Å². The standard InChI is InChI=1S/C25H28N6O4/c1-2-35-23-6-4-3-5-22(23)28-25(32)27-20-9-12-24(26-17-20)30-15-13-29(14-16-30)18-19-7-10-21(11-8-19)31(33)34/h3-12,17H,2,13-16,18H2,1H3,(H2,27,28,32). The number of amides is 2. The molecule has 10 heteroatoms. The fraction of sp³-hybridized carbons (Fsp3) is 0.280. The van der Waals surface area contributed by atoms with Gasteiger partial charge in [-0.25, -0.2) is 9.78 Å². The van der Waals surface area contributed by atoms with Crippen molar-refractivity contribution in [2.24, 2.45) is 0 Å². The van der Waals surface area contributed by atoms with E-state index in [2.05, 4.69) is 25.4 Å². The molecular formula is C25H28N6O4. The number of piperazine rings is 1. The molecule has 0 saturated carbocycles. The van der Waals surface area contributed by atoms with Crippen molar-refractivity contribution in [2.75, 3.05) is 48.3 Å². The maximum absolute atomic E-state index is 12.4. The van der Waals surface area contributed by atoms with Crippen LogP contribution in [0.15, 0.2) is 66.9 Å². The van der Waals surface area contributed by atoms with Gasteiger partial charge in [-0.2, -0.15) is 0 Å². The second kappa shape index (κ2) is 11.3.